The van der Waals surface area contributed by atoms with E-state index in [-0.39, 0.29) is 0 Å². The van der Waals surface area contributed by atoms with Crippen LogP contribution in [0.2, 0.25) is 0 Å². The van der Waals surface area contributed by atoms with Gasteiger partial charge in [-0.25, -0.2) is 0 Å². The largest absolute Gasteiger partial charge is 0.363 e. The van der Waals surface area contributed by atoms with Crippen molar-refractivity contribution in [2.75, 3.05) is 11.9 Å². The van der Waals surface area contributed by atoms with E-state index in [0.29, 0.717) is 5.11 Å². The second kappa shape index (κ2) is 6.60. The third-order valence-corrected chi connectivity index (χ3v) is 3.03. The van der Waals surface area contributed by atoms with E-state index >= 15 is 0 Å². The molecule has 1 rings (SSSR count). The Hall–Kier alpha value is -1.09. The predicted molar refractivity (Wildman–Crippen MR) is 79.8 cm³/mol. The number of nitrogens with one attached hydrogen (secondary N) is 2. The Labute approximate surface area is 110 Å². The zero-order valence-corrected chi connectivity index (χ0v) is 12.0. The normalized spacial score (nSPS) is 10.1. The van der Waals surface area contributed by atoms with Gasteiger partial charge in [-0.05, 0) is 50.0 Å². The first-order valence-corrected chi connectivity index (χ1v) is 6.70. The number of benzene rings is 1. The Bertz CT molecular complexity index is 374. The van der Waals surface area contributed by atoms with Crippen LogP contribution in [0.1, 0.15) is 37.5 Å². The van der Waals surface area contributed by atoms with Gasteiger partial charge in [0.2, 0.25) is 0 Å². The maximum Gasteiger partial charge on any atom is 0.170 e. The third-order valence-electron chi connectivity index (χ3n) is 2.78. The van der Waals surface area contributed by atoms with E-state index in [1.165, 1.54) is 22.4 Å². The van der Waals surface area contributed by atoms with E-state index < -0.39 is 0 Å². The summed E-state index contributed by atoms with van der Waals surface area (Å²) in [5, 5.41) is 7.17. The van der Waals surface area contributed by atoms with Crippen molar-refractivity contribution in [3.63, 3.8) is 0 Å². The van der Waals surface area contributed by atoms with E-state index in [4.69, 9.17) is 12.2 Å². The summed E-state index contributed by atoms with van der Waals surface area (Å²) in [6.45, 7) is 9.39. The van der Waals surface area contributed by atoms with Crippen molar-refractivity contribution in [2.24, 2.45) is 0 Å². The van der Waals surface area contributed by atoms with Gasteiger partial charge in [-0.1, -0.05) is 31.5 Å². The lowest BCUT2D eigenvalue weighted by Crippen LogP contribution is -2.28. The van der Waals surface area contributed by atoms with Crippen LogP contribution in [0, 0.1) is 6.92 Å². The predicted octanol–water partition coefficient (Wildman–Crippen LogP) is 3.43. The van der Waals surface area contributed by atoms with E-state index in [2.05, 4.69) is 43.5 Å². The van der Waals surface area contributed by atoms with Gasteiger partial charge >= 0.3 is 0 Å². The zero-order chi connectivity index (χ0) is 12.8. The van der Waals surface area contributed by atoms with Gasteiger partial charge in [0.15, 0.2) is 5.11 Å². The number of hydrogen-bond acceptors (Lipinski definition) is 1. The molecule has 1 aromatic rings. The van der Waals surface area contributed by atoms with Crippen LogP contribution < -0.4 is 10.6 Å². The second-order valence-electron chi connectivity index (χ2n) is 4.15. The zero-order valence-electron chi connectivity index (χ0n) is 11.2. The number of anilines is 1. The molecule has 0 spiro atoms. The lowest BCUT2D eigenvalue weighted by atomic mass is 10.00. The van der Waals surface area contributed by atoms with Crippen LogP contribution in [-0.4, -0.2) is 11.7 Å². The smallest absolute Gasteiger partial charge is 0.170 e. The quantitative estimate of drug-likeness (QED) is 0.801. The molecule has 0 saturated carbocycles. The van der Waals surface area contributed by atoms with Gasteiger partial charge in [-0.2, -0.15) is 0 Å². The Morgan fingerprint density at radius 2 is 1.65 bits per heavy atom. The van der Waals surface area contributed by atoms with Crippen molar-refractivity contribution in [2.45, 2.75) is 40.5 Å². The summed E-state index contributed by atoms with van der Waals surface area (Å²) in [4.78, 5) is 0. The summed E-state index contributed by atoms with van der Waals surface area (Å²) in [5.41, 5.74) is 5.18. The van der Waals surface area contributed by atoms with E-state index in [1.54, 1.807) is 0 Å². The maximum atomic E-state index is 5.26. The molecule has 2 nitrogen and oxygen atoms in total. The van der Waals surface area contributed by atoms with Gasteiger partial charge in [-0.3, -0.25) is 0 Å². The first kappa shape index (κ1) is 14.0. The Kier molecular flexibility index (Phi) is 5.42. The molecule has 2 N–H and O–H groups in total. The van der Waals surface area contributed by atoms with Crippen molar-refractivity contribution in [1.29, 1.82) is 0 Å². The van der Waals surface area contributed by atoms with Gasteiger partial charge in [0.1, 0.15) is 0 Å². The Morgan fingerprint density at radius 3 is 2.06 bits per heavy atom. The Balaban J connectivity index is 3.06. The standard InChI is InChI=1S/C14H22N2S/c1-5-11-8-10(4)9-12(6-2)13(11)16-14(17)15-7-3/h8-9H,5-7H2,1-4H3,(H2,15,16,17). The molecule has 1 aromatic carbocycles. The maximum absolute atomic E-state index is 5.26. The SMILES string of the molecule is CCNC(=S)Nc1c(CC)cc(C)cc1CC. The highest BCUT2D eigenvalue weighted by molar-refractivity contribution is 7.80. The fourth-order valence-corrected chi connectivity index (χ4v) is 2.22. The van der Waals surface area contributed by atoms with Crippen LogP contribution in [0.3, 0.4) is 0 Å². The lowest BCUT2D eigenvalue weighted by molar-refractivity contribution is 0.976. The first-order chi connectivity index (χ1) is 8.12. The lowest BCUT2D eigenvalue weighted by Gasteiger charge is -2.17. The van der Waals surface area contributed by atoms with Crippen LogP contribution in [-0.2, 0) is 12.8 Å². The van der Waals surface area contributed by atoms with Crippen LogP contribution in [0.5, 0.6) is 0 Å². The molecule has 0 saturated heterocycles. The number of aryl methyl sites for hydroxylation is 3. The van der Waals surface area contributed by atoms with Crippen molar-refractivity contribution in [1.82, 2.24) is 5.32 Å². The van der Waals surface area contributed by atoms with Gasteiger partial charge in [0.25, 0.3) is 0 Å². The molecule has 17 heavy (non-hydrogen) atoms. The van der Waals surface area contributed by atoms with Crippen LogP contribution in [0.4, 0.5) is 5.69 Å². The van der Waals surface area contributed by atoms with Crippen molar-refractivity contribution in [3.05, 3.63) is 28.8 Å². The highest BCUT2D eigenvalue weighted by Gasteiger charge is 2.08. The molecule has 0 bridgehead atoms. The minimum absolute atomic E-state index is 0.709. The molecular formula is C14H22N2S. The summed E-state index contributed by atoms with van der Waals surface area (Å²) >= 11 is 5.26. The topological polar surface area (TPSA) is 24.1 Å². The number of rotatable bonds is 4. The summed E-state index contributed by atoms with van der Waals surface area (Å²) in [7, 11) is 0. The molecule has 0 atom stereocenters. The molecule has 0 aliphatic carbocycles. The summed E-state index contributed by atoms with van der Waals surface area (Å²) in [5.74, 6) is 0. The average molecular weight is 250 g/mol. The van der Waals surface area contributed by atoms with Crippen LogP contribution >= 0.6 is 12.2 Å². The monoisotopic (exact) mass is 250 g/mol. The first-order valence-electron chi connectivity index (χ1n) is 6.29. The van der Waals surface area contributed by atoms with Crippen LogP contribution in [0.25, 0.3) is 0 Å². The molecular weight excluding hydrogens is 228 g/mol. The summed E-state index contributed by atoms with van der Waals surface area (Å²) < 4.78 is 0. The summed E-state index contributed by atoms with van der Waals surface area (Å²) in [6.07, 6.45) is 2.04. The minimum Gasteiger partial charge on any atom is -0.363 e. The third kappa shape index (κ3) is 3.70. The minimum atomic E-state index is 0.709. The fourth-order valence-electron chi connectivity index (χ4n) is 1.98. The molecule has 0 fully saturated rings. The highest BCUT2D eigenvalue weighted by atomic mass is 32.1. The van der Waals surface area contributed by atoms with E-state index in [9.17, 15) is 0 Å². The van der Waals surface area contributed by atoms with Crippen molar-refractivity contribution < 1.29 is 0 Å². The van der Waals surface area contributed by atoms with E-state index in [1.807, 2.05) is 6.92 Å². The molecule has 0 aliphatic rings. The van der Waals surface area contributed by atoms with Gasteiger partial charge < -0.3 is 10.6 Å². The number of hydrogen-bond donors (Lipinski definition) is 2. The molecule has 0 unspecified atom stereocenters. The van der Waals surface area contributed by atoms with Gasteiger partial charge in [0.05, 0.1) is 0 Å². The molecule has 0 heterocycles. The molecule has 3 heteroatoms. The van der Waals surface area contributed by atoms with Crippen molar-refractivity contribution >= 4 is 23.0 Å². The molecule has 0 radical (unpaired) electrons. The molecule has 94 valence electrons. The highest BCUT2D eigenvalue weighted by Crippen LogP contribution is 2.24. The Morgan fingerprint density at radius 1 is 1.12 bits per heavy atom. The van der Waals surface area contributed by atoms with E-state index in [0.717, 1.165) is 19.4 Å². The number of thiocarbonyl (C=S) groups is 1. The second-order valence-corrected chi connectivity index (χ2v) is 4.56. The van der Waals surface area contributed by atoms with Gasteiger partial charge in [0, 0.05) is 12.2 Å². The average Bonchev–Trinajstić information content (AvgIpc) is 2.31. The fraction of sp³-hybridized carbons (Fsp3) is 0.500. The van der Waals surface area contributed by atoms with Crippen molar-refractivity contribution in [3.8, 4) is 0 Å². The van der Waals surface area contributed by atoms with Crippen LogP contribution in [0.15, 0.2) is 12.1 Å². The summed E-state index contributed by atoms with van der Waals surface area (Å²) in [6, 6.07) is 4.46. The molecule has 0 aliphatic heterocycles. The van der Waals surface area contributed by atoms with Gasteiger partial charge in [-0.15, -0.1) is 0 Å². The molecule has 0 amide bonds. The molecule has 0 aromatic heterocycles.